The molecule has 2 nitrogen and oxygen atoms in total. The van der Waals surface area contributed by atoms with E-state index in [2.05, 4.69) is 0 Å². The molecule has 2 N–H and O–H groups in total. The number of rotatable bonds is 3. The molecule has 0 fully saturated rings. The van der Waals surface area contributed by atoms with Crippen molar-refractivity contribution in [2.24, 2.45) is 0 Å². The third-order valence-electron chi connectivity index (χ3n) is 0.636. The number of aliphatic hydroxyl groups excluding tert-OH is 1. The SMILES string of the molecule is OCCCC(O)(Cl)Cl. The normalized spacial score (nSPS) is 12.0. The zero-order valence-electron chi connectivity index (χ0n) is 4.27. The average molecular weight is 159 g/mol. The summed E-state index contributed by atoms with van der Waals surface area (Å²) in [6.07, 6.45) is 0.621. The van der Waals surface area contributed by atoms with Crippen molar-refractivity contribution in [1.29, 1.82) is 0 Å². The standard InChI is InChI=1S/C4H8Cl2O2/c5-4(6,8)2-1-3-7/h7-8H,1-3H2. The summed E-state index contributed by atoms with van der Waals surface area (Å²) < 4.78 is -1.66. The molecule has 0 saturated heterocycles. The van der Waals surface area contributed by atoms with Crippen LogP contribution in [0.2, 0.25) is 0 Å². The first-order valence-electron chi connectivity index (χ1n) is 2.27. The minimum Gasteiger partial charge on any atom is -0.396 e. The molecule has 0 aromatic rings. The molecule has 0 radical (unpaired) electrons. The lowest BCUT2D eigenvalue weighted by atomic mass is 10.3. The molecule has 0 bridgehead atoms. The maximum absolute atomic E-state index is 8.57. The van der Waals surface area contributed by atoms with E-state index in [9.17, 15) is 0 Å². The Balaban J connectivity index is 3.11. The molecule has 50 valence electrons. The van der Waals surface area contributed by atoms with Crippen molar-refractivity contribution in [3.8, 4) is 0 Å². The van der Waals surface area contributed by atoms with Gasteiger partial charge in [0.15, 0.2) is 0 Å². The third kappa shape index (κ3) is 6.50. The van der Waals surface area contributed by atoms with Crippen molar-refractivity contribution in [3.63, 3.8) is 0 Å². The van der Waals surface area contributed by atoms with Crippen LogP contribution >= 0.6 is 23.2 Å². The van der Waals surface area contributed by atoms with E-state index >= 15 is 0 Å². The highest BCUT2D eigenvalue weighted by atomic mass is 35.5. The van der Waals surface area contributed by atoms with Crippen molar-refractivity contribution in [2.75, 3.05) is 6.61 Å². The lowest BCUT2D eigenvalue weighted by Crippen LogP contribution is -2.10. The zero-order chi connectivity index (χ0) is 6.62. The van der Waals surface area contributed by atoms with E-state index < -0.39 is 4.52 Å². The van der Waals surface area contributed by atoms with Gasteiger partial charge < -0.3 is 10.2 Å². The largest absolute Gasteiger partial charge is 0.396 e. The van der Waals surface area contributed by atoms with Crippen LogP contribution in [0.4, 0.5) is 0 Å². The number of aliphatic hydroxyl groups is 2. The Morgan fingerprint density at radius 3 is 2.00 bits per heavy atom. The Morgan fingerprint density at radius 1 is 1.38 bits per heavy atom. The van der Waals surface area contributed by atoms with E-state index in [0.717, 1.165) is 0 Å². The molecule has 0 saturated carbocycles. The van der Waals surface area contributed by atoms with E-state index in [4.69, 9.17) is 33.4 Å². The second-order valence-electron chi connectivity index (χ2n) is 1.49. The first kappa shape index (κ1) is 8.50. The summed E-state index contributed by atoms with van der Waals surface area (Å²) in [4.78, 5) is 0. The molecule has 0 rings (SSSR count). The smallest absolute Gasteiger partial charge is 0.215 e. The molecule has 0 aromatic heterocycles. The highest BCUT2D eigenvalue weighted by molar-refractivity contribution is 6.46. The highest BCUT2D eigenvalue weighted by Crippen LogP contribution is 2.21. The molecule has 0 aromatic carbocycles. The van der Waals surface area contributed by atoms with Crippen molar-refractivity contribution in [3.05, 3.63) is 0 Å². The fraction of sp³-hybridized carbons (Fsp3) is 1.00. The van der Waals surface area contributed by atoms with Crippen molar-refractivity contribution in [1.82, 2.24) is 0 Å². The van der Waals surface area contributed by atoms with Gasteiger partial charge in [0.05, 0.1) is 0 Å². The van der Waals surface area contributed by atoms with Gasteiger partial charge in [-0.05, 0) is 6.42 Å². The van der Waals surface area contributed by atoms with E-state index in [1.165, 1.54) is 0 Å². The van der Waals surface area contributed by atoms with Gasteiger partial charge in [0, 0.05) is 13.0 Å². The fourth-order valence-electron chi connectivity index (χ4n) is 0.292. The van der Waals surface area contributed by atoms with E-state index in [1.807, 2.05) is 0 Å². The van der Waals surface area contributed by atoms with Crippen molar-refractivity contribution >= 4 is 23.2 Å². The van der Waals surface area contributed by atoms with Crippen LogP contribution in [0.15, 0.2) is 0 Å². The molecule has 8 heavy (non-hydrogen) atoms. The third-order valence-corrected chi connectivity index (χ3v) is 1.01. The fourth-order valence-corrected chi connectivity index (χ4v) is 0.559. The summed E-state index contributed by atoms with van der Waals surface area (Å²) in [5.41, 5.74) is 0. The Kier molecular flexibility index (Phi) is 3.73. The van der Waals surface area contributed by atoms with Crippen molar-refractivity contribution < 1.29 is 10.2 Å². The van der Waals surface area contributed by atoms with E-state index in [-0.39, 0.29) is 13.0 Å². The molecule has 0 aliphatic heterocycles. The molecule has 0 heterocycles. The monoisotopic (exact) mass is 158 g/mol. The van der Waals surface area contributed by atoms with Gasteiger partial charge in [-0.15, -0.1) is 0 Å². The predicted octanol–water partition coefficient (Wildman–Crippen LogP) is 0.883. The van der Waals surface area contributed by atoms with Crippen LogP contribution in [0, 0.1) is 0 Å². The molecule has 0 unspecified atom stereocenters. The molecule has 0 aliphatic rings. The van der Waals surface area contributed by atoms with Gasteiger partial charge >= 0.3 is 0 Å². The molecule has 0 aliphatic carbocycles. The van der Waals surface area contributed by atoms with Crippen LogP contribution < -0.4 is 0 Å². The van der Waals surface area contributed by atoms with E-state index in [0.29, 0.717) is 6.42 Å². The van der Waals surface area contributed by atoms with Crippen molar-refractivity contribution in [2.45, 2.75) is 17.4 Å². The highest BCUT2D eigenvalue weighted by Gasteiger charge is 2.16. The summed E-state index contributed by atoms with van der Waals surface area (Å²) >= 11 is 10.2. The van der Waals surface area contributed by atoms with Gasteiger partial charge in [0.25, 0.3) is 0 Å². The van der Waals surface area contributed by atoms with Gasteiger partial charge in [0.1, 0.15) is 0 Å². The number of halogens is 2. The van der Waals surface area contributed by atoms with Gasteiger partial charge in [0.2, 0.25) is 4.52 Å². The van der Waals surface area contributed by atoms with Gasteiger partial charge in [-0.3, -0.25) is 0 Å². The minimum absolute atomic E-state index is 0.00174. The Bertz CT molecular complexity index is 59.5. The summed E-state index contributed by atoms with van der Waals surface area (Å²) in [7, 11) is 0. The van der Waals surface area contributed by atoms with Gasteiger partial charge in [-0.1, -0.05) is 23.2 Å². The summed E-state index contributed by atoms with van der Waals surface area (Å²) in [6.45, 7) is 0.00174. The van der Waals surface area contributed by atoms with Crippen LogP contribution in [-0.4, -0.2) is 21.3 Å². The Morgan fingerprint density at radius 2 is 1.88 bits per heavy atom. The molecule has 0 amide bonds. The molecule has 0 spiro atoms. The minimum atomic E-state index is -1.66. The maximum atomic E-state index is 8.57. The summed E-state index contributed by atoms with van der Waals surface area (Å²) in [5.74, 6) is 0. The molecular formula is C4H8Cl2O2. The number of hydrogen-bond donors (Lipinski definition) is 2. The number of alkyl halides is 2. The molecule has 0 atom stereocenters. The van der Waals surface area contributed by atoms with Crippen LogP contribution in [0.3, 0.4) is 0 Å². The quantitative estimate of drug-likeness (QED) is 0.600. The topological polar surface area (TPSA) is 40.5 Å². The Labute approximate surface area is 58.0 Å². The summed E-state index contributed by atoms with van der Waals surface area (Å²) in [5, 5.41) is 16.8. The molecular weight excluding hydrogens is 151 g/mol. The van der Waals surface area contributed by atoms with E-state index in [1.54, 1.807) is 0 Å². The predicted molar refractivity (Wildman–Crippen MR) is 33.0 cm³/mol. The first-order valence-corrected chi connectivity index (χ1v) is 3.03. The lowest BCUT2D eigenvalue weighted by Gasteiger charge is -2.08. The van der Waals surface area contributed by atoms with Crippen LogP contribution in [0.25, 0.3) is 0 Å². The average Bonchev–Trinajstić information content (AvgIpc) is 1.59. The van der Waals surface area contributed by atoms with Crippen LogP contribution in [0.5, 0.6) is 0 Å². The zero-order valence-corrected chi connectivity index (χ0v) is 5.78. The first-order chi connectivity index (χ1) is 3.56. The second-order valence-corrected chi connectivity index (χ2v) is 2.94. The summed E-state index contributed by atoms with van der Waals surface area (Å²) in [6, 6.07) is 0. The van der Waals surface area contributed by atoms with Gasteiger partial charge in [-0.2, -0.15) is 0 Å². The van der Waals surface area contributed by atoms with Gasteiger partial charge in [-0.25, -0.2) is 0 Å². The lowest BCUT2D eigenvalue weighted by molar-refractivity contribution is 0.183. The van der Waals surface area contributed by atoms with Crippen LogP contribution in [-0.2, 0) is 0 Å². The second kappa shape index (κ2) is 3.51. The number of hydrogen-bond acceptors (Lipinski definition) is 2. The Hall–Kier alpha value is 0.500. The maximum Gasteiger partial charge on any atom is 0.215 e. The molecule has 4 heteroatoms. The van der Waals surface area contributed by atoms with Crippen LogP contribution in [0.1, 0.15) is 12.8 Å².